The van der Waals surface area contributed by atoms with Gasteiger partial charge >= 0.3 is 0 Å². The molecule has 0 spiro atoms. The summed E-state index contributed by atoms with van der Waals surface area (Å²) in [5, 5.41) is 2.94. The molecule has 1 N–H and O–H groups in total. The first-order valence-electron chi connectivity index (χ1n) is 9.13. The van der Waals surface area contributed by atoms with Gasteiger partial charge in [-0.05, 0) is 56.4 Å². The number of nitrogens with zero attached hydrogens (tertiary/aromatic N) is 3. The van der Waals surface area contributed by atoms with Crippen molar-refractivity contribution in [2.75, 3.05) is 6.54 Å². The quantitative estimate of drug-likeness (QED) is 0.719. The van der Waals surface area contributed by atoms with Gasteiger partial charge in [0.25, 0.3) is 5.56 Å². The number of hydrogen-bond donors (Lipinski definition) is 1. The number of carbonyl (C=O) groups excluding carboxylic acids is 1. The van der Waals surface area contributed by atoms with E-state index in [0.717, 1.165) is 24.8 Å². The molecule has 0 saturated carbocycles. The fourth-order valence-corrected chi connectivity index (χ4v) is 3.62. The number of nitrogens with one attached hydrogen (secondary N) is 1. The van der Waals surface area contributed by atoms with Crippen molar-refractivity contribution in [3.8, 4) is 0 Å². The Labute approximate surface area is 151 Å². The second-order valence-corrected chi connectivity index (χ2v) is 6.71. The number of fused-ring (bicyclic) bond motifs is 3. The van der Waals surface area contributed by atoms with Crippen LogP contribution in [0.5, 0.6) is 0 Å². The maximum Gasteiger partial charge on any atom is 0.276 e. The van der Waals surface area contributed by atoms with Gasteiger partial charge in [-0.3, -0.25) is 14.2 Å². The van der Waals surface area contributed by atoms with Gasteiger partial charge in [0.05, 0.1) is 5.52 Å². The van der Waals surface area contributed by atoms with Crippen LogP contribution in [0.2, 0.25) is 0 Å². The highest BCUT2D eigenvalue weighted by molar-refractivity contribution is 5.80. The molecular weight excluding hydrogens is 328 g/mol. The van der Waals surface area contributed by atoms with Crippen molar-refractivity contribution in [1.82, 2.24) is 19.3 Å². The van der Waals surface area contributed by atoms with Crippen molar-refractivity contribution in [3.63, 3.8) is 0 Å². The van der Waals surface area contributed by atoms with Gasteiger partial charge in [-0.1, -0.05) is 11.6 Å². The lowest BCUT2D eigenvalue weighted by atomic mass is 9.97. The summed E-state index contributed by atoms with van der Waals surface area (Å²) in [4.78, 5) is 29.5. The zero-order valence-electron chi connectivity index (χ0n) is 14.6. The second-order valence-electron chi connectivity index (χ2n) is 6.71. The summed E-state index contributed by atoms with van der Waals surface area (Å²) in [7, 11) is 0. The van der Waals surface area contributed by atoms with E-state index in [1.54, 1.807) is 12.3 Å². The lowest BCUT2D eigenvalue weighted by Gasteiger charge is -2.14. The molecule has 0 saturated heterocycles. The van der Waals surface area contributed by atoms with Gasteiger partial charge in [-0.2, -0.15) is 0 Å². The summed E-state index contributed by atoms with van der Waals surface area (Å²) in [6.45, 7) is 0.589. The predicted octanol–water partition coefficient (Wildman–Crippen LogP) is 2.66. The molecule has 1 aliphatic rings. The van der Waals surface area contributed by atoms with Crippen molar-refractivity contribution >= 4 is 22.6 Å². The van der Waals surface area contributed by atoms with Gasteiger partial charge in [-0.25, -0.2) is 4.98 Å². The van der Waals surface area contributed by atoms with Gasteiger partial charge in [0.2, 0.25) is 5.91 Å². The Hall–Kier alpha value is -2.89. The Kier molecular flexibility index (Phi) is 4.56. The summed E-state index contributed by atoms with van der Waals surface area (Å²) in [6.07, 6.45) is 11.4. The van der Waals surface area contributed by atoms with Crippen molar-refractivity contribution < 1.29 is 4.79 Å². The van der Waals surface area contributed by atoms with E-state index in [2.05, 4.69) is 16.4 Å². The number of aromatic nitrogens is 3. The highest BCUT2D eigenvalue weighted by atomic mass is 16.2. The molecule has 0 bridgehead atoms. The number of pyridine rings is 1. The summed E-state index contributed by atoms with van der Waals surface area (Å²) in [5.74, 6) is -0.161. The predicted molar refractivity (Wildman–Crippen MR) is 101 cm³/mol. The van der Waals surface area contributed by atoms with Crippen LogP contribution >= 0.6 is 0 Å². The van der Waals surface area contributed by atoms with Gasteiger partial charge in [0.15, 0.2) is 5.65 Å². The minimum absolute atomic E-state index is 0.0208. The number of carbonyl (C=O) groups is 1. The van der Waals surface area contributed by atoms with Crippen molar-refractivity contribution in [2.45, 2.75) is 38.6 Å². The topological polar surface area (TPSA) is 68.4 Å². The molecule has 0 radical (unpaired) electrons. The van der Waals surface area contributed by atoms with Gasteiger partial charge in [-0.15, -0.1) is 0 Å². The first-order valence-corrected chi connectivity index (χ1v) is 9.13. The minimum Gasteiger partial charge on any atom is -0.354 e. The average Bonchev–Trinajstić information content (AvgIpc) is 3.16. The monoisotopic (exact) mass is 350 g/mol. The maximum atomic E-state index is 12.8. The average molecular weight is 350 g/mol. The SMILES string of the molecule is O=C(Cn1c(=O)c2cccn2c2cccnc21)NCCC1=CCCCC1. The molecule has 6 nitrogen and oxygen atoms in total. The molecule has 0 aliphatic heterocycles. The Morgan fingerprint density at radius 3 is 2.92 bits per heavy atom. The van der Waals surface area contributed by atoms with E-state index in [9.17, 15) is 9.59 Å². The van der Waals surface area contributed by atoms with E-state index >= 15 is 0 Å². The molecule has 4 rings (SSSR count). The van der Waals surface area contributed by atoms with Crippen LogP contribution < -0.4 is 10.9 Å². The highest BCUT2D eigenvalue weighted by Gasteiger charge is 2.14. The lowest BCUT2D eigenvalue weighted by molar-refractivity contribution is -0.121. The van der Waals surface area contributed by atoms with Crippen LogP contribution in [0.15, 0.2) is 53.1 Å². The third kappa shape index (κ3) is 3.14. The summed E-state index contributed by atoms with van der Waals surface area (Å²) >= 11 is 0. The van der Waals surface area contributed by atoms with E-state index in [1.165, 1.54) is 23.0 Å². The highest BCUT2D eigenvalue weighted by Crippen LogP contribution is 2.19. The van der Waals surface area contributed by atoms with E-state index in [0.29, 0.717) is 17.7 Å². The van der Waals surface area contributed by atoms with Crippen LogP contribution in [0.4, 0.5) is 0 Å². The maximum absolute atomic E-state index is 12.8. The Morgan fingerprint density at radius 1 is 1.19 bits per heavy atom. The summed E-state index contributed by atoms with van der Waals surface area (Å²) < 4.78 is 3.27. The largest absolute Gasteiger partial charge is 0.354 e. The number of hydrogen-bond acceptors (Lipinski definition) is 3. The molecule has 0 fully saturated rings. The first-order chi connectivity index (χ1) is 12.7. The molecule has 3 aromatic rings. The van der Waals surface area contributed by atoms with Crippen LogP contribution in [0.25, 0.3) is 16.7 Å². The van der Waals surface area contributed by atoms with Crippen LogP contribution in [-0.2, 0) is 11.3 Å². The molecule has 3 aromatic heterocycles. The normalized spacial score (nSPS) is 14.5. The number of rotatable bonds is 5. The molecule has 3 heterocycles. The lowest BCUT2D eigenvalue weighted by Crippen LogP contribution is -2.34. The Bertz CT molecular complexity index is 1040. The molecule has 1 amide bonds. The zero-order chi connectivity index (χ0) is 17.9. The van der Waals surface area contributed by atoms with Crippen molar-refractivity contribution in [1.29, 1.82) is 0 Å². The Morgan fingerprint density at radius 2 is 2.08 bits per heavy atom. The molecular formula is C20H22N4O2. The third-order valence-corrected chi connectivity index (χ3v) is 4.95. The van der Waals surface area contributed by atoms with E-state index in [1.807, 2.05) is 28.8 Å². The standard InChI is InChI=1S/C20H22N4O2/c25-18(21-12-10-15-6-2-1-3-7-15)14-24-19-16(8-4-11-22-19)23-13-5-9-17(23)20(24)26/h4-6,8-9,11,13H,1-3,7,10,12,14H2,(H,21,25). The first kappa shape index (κ1) is 16.6. The van der Waals surface area contributed by atoms with E-state index < -0.39 is 0 Å². The van der Waals surface area contributed by atoms with E-state index in [4.69, 9.17) is 0 Å². The van der Waals surface area contributed by atoms with Gasteiger partial charge in [0, 0.05) is 18.9 Å². The van der Waals surface area contributed by atoms with Crippen molar-refractivity contribution in [2.24, 2.45) is 0 Å². The molecule has 6 heteroatoms. The summed E-state index contributed by atoms with van der Waals surface area (Å²) in [6, 6.07) is 7.32. The van der Waals surface area contributed by atoms with Gasteiger partial charge in [0.1, 0.15) is 12.1 Å². The summed E-state index contributed by atoms with van der Waals surface area (Å²) in [5.41, 5.74) is 3.10. The van der Waals surface area contributed by atoms with Crippen LogP contribution in [-0.4, -0.2) is 26.4 Å². The zero-order valence-corrected chi connectivity index (χ0v) is 14.6. The molecule has 0 atom stereocenters. The smallest absolute Gasteiger partial charge is 0.276 e. The van der Waals surface area contributed by atoms with Crippen LogP contribution in [0.1, 0.15) is 32.1 Å². The van der Waals surface area contributed by atoms with E-state index in [-0.39, 0.29) is 18.0 Å². The molecule has 0 aromatic carbocycles. The third-order valence-electron chi connectivity index (χ3n) is 4.95. The number of allylic oxidation sites excluding steroid dienone is 1. The molecule has 134 valence electrons. The second kappa shape index (κ2) is 7.15. The fourth-order valence-electron chi connectivity index (χ4n) is 3.62. The molecule has 26 heavy (non-hydrogen) atoms. The fraction of sp³-hybridized carbons (Fsp3) is 0.350. The van der Waals surface area contributed by atoms with Gasteiger partial charge < -0.3 is 9.72 Å². The van der Waals surface area contributed by atoms with Crippen LogP contribution in [0.3, 0.4) is 0 Å². The molecule has 0 unspecified atom stereocenters. The van der Waals surface area contributed by atoms with Crippen molar-refractivity contribution in [3.05, 3.63) is 58.7 Å². The number of amides is 1. The molecule has 1 aliphatic carbocycles. The Balaban J connectivity index is 1.54. The van der Waals surface area contributed by atoms with Crippen LogP contribution in [0, 0.1) is 0 Å². The minimum atomic E-state index is -0.202.